The van der Waals surface area contributed by atoms with Gasteiger partial charge in [-0.2, -0.15) is 0 Å². The molecule has 1 unspecified atom stereocenters. The van der Waals surface area contributed by atoms with E-state index in [1.807, 2.05) is 31.2 Å². The summed E-state index contributed by atoms with van der Waals surface area (Å²) in [6.45, 7) is 2.60. The third-order valence-electron chi connectivity index (χ3n) is 4.15. The highest BCUT2D eigenvalue weighted by Gasteiger charge is 2.34. The molecule has 0 aromatic heterocycles. The van der Waals surface area contributed by atoms with Gasteiger partial charge in [-0.25, -0.2) is 8.42 Å². The predicted molar refractivity (Wildman–Crippen MR) is 103 cm³/mol. The van der Waals surface area contributed by atoms with Crippen LogP contribution >= 0.6 is 0 Å². The molecule has 0 spiro atoms. The van der Waals surface area contributed by atoms with Gasteiger partial charge in [0.25, 0.3) is 5.91 Å². The molecule has 1 heterocycles. The molecule has 1 N–H and O–H groups in total. The van der Waals surface area contributed by atoms with Gasteiger partial charge in [-0.3, -0.25) is 9.10 Å². The molecule has 8 heteroatoms. The summed E-state index contributed by atoms with van der Waals surface area (Å²) in [6.07, 6.45) is 0.177. The lowest BCUT2D eigenvalue weighted by Crippen LogP contribution is -2.50. The predicted octanol–water partition coefficient (Wildman–Crippen LogP) is 1.93. The molecule has 0 fully saturated rings. The summed E-state index contributed by atoms with van der Waals surface area (Å²) in [5, 5.41) is 2.80. The number of fused-ring (bicyclic) bond motifs is 1. The number of rotatable bonds is 6. The van der Waals surface area contributed by atoms with Crippen molar-refractivity contribution in [2.75, 3.05) is 23.7 Å². The Balaban J connectivity index is 1.75. The van der Waals surface area contributed by atoms with Gasteiger partial charge in [0.1, 0.15) is 11.5 Å². The van der Waals surface area contributed by atoms with E-state index in [1.54, 1.807) is 24.3 Å². The number of ether oxygens (including phenoxy) is 2. The number of anilines is 1. The zero-order valence-corrected chi connectivity index (χ0v) is 16.0. The Morgan fingerprint density at radius 3 is 2.67 bits per heavy atom. The highest BCUT2D eigenvalue weighted by Crippen LogP contribution is 2.34. The quantitative estimate of drug-likeness (QED) is 0.815. The molecule has 0 saturated heterocycles. The molecular weight excluding hydrogens is 368 g/mol. The van der Waals surface area contributed by atoms with E-state index in [2.05, 4.69) is 5.32 Å². The first-order chi connectivity index (χ1) is 12.9. The van der Waals surface area contributed by atoms with Gasteiger partial charge in [-0.05, 0) is 25.1 Å². The Bertz CT molecular complexity index is 929. The van der Waals surface area contributed by atoms with Gasteiger partial charge in [0.05, 0.1) is 25.1 Å². The van der Waals surface area contributed by atoms with Crippen molar-refractivity contribution in [2.24, 2.45) is 0 Å². The highest BCUT2D eigenvalue weighted by atomic mass is 32.2. The second kappa shape index (κ2) is 7.87. The number of nitrogens with one attached hydrogen (secondary N) is 1. The third kappa shape index (κ3) is 4.33. The zero-order valence-electron chi connectivity index (χ0n) is 15.2. The Hall–Kier alpha value is -2.74. The van der Waals surface area contributed by atoms with Gasteiger partial charge < -0.3 is 14.8 Å². The van der Waals surface area contributed by atoms with Gasteiger partial charge >= 0.3 is 0 Å². The van der Waals surface area contributed by atoms with E-state index < -0.39 is 16.1 Å². The number of hydrogen-bond donors (Lipinski definition) is 1. The molecule has 1 atom stereocenters. The molecule has 0 bridgehead atoms. The number of hydrogen-bond acceptors (Lipinski definition) is 5. The van der Waals surface area contributed by atoms with Crippen LogP contribution in [-0.2, 0) is 21.4 Å². The number of carbonyl (C=O) groups is 1. The fraction of sp³-hybridized carbons (Fsp3) is 0.316. The first kappa shape index (κ1) is 19.0. The molecule has 2 aromatic rings. The molecule has 7 nitrogen and oxygen atoms in total. The van der Waals surface area contributed by atoms with Crippen molar-refractivity contribution in [2.45, 2.75) is 19.6 Å². The van der Waals surface area contributed by atoms with E-state index >= 15 is 0 Å². The molecule has 3 rings (SSSR count). The average molecular weight is 390 g/mol. The van der Waals surface area contributed by atoms with Crippen LogP contribution in [0.4, 0.5) is 5.69 Å². The summed E-state index contributed by atoms with van der Waals surface area (Å²) < 4.78 is 36.8. The summed E-state index contributed by atoms with van der Waals surface area (Å²) in [4.78, 5) is 12.6. The number of benzene rings is 2. The van der Waals surface area contributed by atoms with Crippen LogP contribution in [0.15, 0.2) is 48.5 Å². The summed E-state index contributed by atoms with van der Waals surface area (Å²) in [7, 11) is -3.53. The van der Waals surface area contributed by atoms with Crippen molar-refractivity contribution in [3.05, 3.63) is 54.1 Å². The van der Waals surface area contributed by atoms with E-state index in [0.717, 1.165) is 11.8 Å². The Kier molecular flexibility index (Phi) is 5.55. The van der Waals surface area contributed by atoms with Gasteiger partial charge in [0, 0.05) is 12.1 Å². The number of carbonyl (C=O) groups excluding carboxylic acids is 1. The van der Waals surface area contributed by atoms with Gasteiger partial charge in [0.2, 0.25) is 10.0 Å². The van der Waals surface area contributed by atoms with Crippen LogP contribution in [0.2, 0.25) is 0 Å². The van der Waals surface area contributed by atoms with Crippen LogP contribution in [0.3, 0.4) is 0 Å². The Morgan fingerprint density at radius 2 is 1.93 bits per heavy atom. The van der Waals surface area contributed by atoms with Crippen LogP contribution in [0.5, 0.6) is 11.5 Å². The molecule has 1 amide bonds. The van der Waals surface area contributed by atoms with Crippen molar-refractivity contribution >= 4 is 21.6 Å². The van der Waals surface area contributed by atoms with Crippen molar-refractivity contribution in [3.63, 3.8) is 0 Å². The lowest BCUT2D eigenvalue weighted by molar-refractivity contribution is -0.127. The van der Waals surface area contributed by atoms with E-state index in [-0.39, 0.29) is 19.0 Å². The minimum absolute atomic E-state index is 0.0746. The first-order valence-electron chi connectivity index (χ1n) is 8.62. The van der Waals surface area contributed by atoms with E-state index in [0.29, 0.717) is 23.8 Å². The van der Waals surface area contributed by atoms with Gasteiger partial charge in [-0.15, -0.1) is 0 Å². The van der Waals surface area contributed by atoms with Gasteiger partial charge in [-0.1, -0.05) is 30.3 Å². The second-order valence-corrected chi connectivity index (χ2v) is 8.03. The van der Waals surface area contributed by atoms with Crippen LogP contribution in [0, 0.1) is 0 Å². The molecule has 2 aromatic carbocycles. The molecule has 27 heavy (non-hydrogen) atoms. The number of para-hydroxylation sites is 3. The maximum Gasteiger partial charge on any atom is 0.263 e. The smallest absolute Gasteiger partial charge is 0.263 e. The molecule has 0 radical (unpaired) electrons. The molecule has 1 aliphatic heterocycles. The molecular formula is C19H22N2O5S. The third-order valence-corrected chi connectivity index (χ3v) is 5.30. The molecule has 1 aliphatic rings. The highest BCUT2D eigenvalue weighted by molar-refractivity contribution is 7.92. The molecule has 0 saturated carbocycles. The minimum Gasteiger partial charge on any atom is -0.494 e. The summed E-state index contributed by atoms with van der Waals surface area (Å²) in [6, 6.07) is 14.2. The summed E-state index contributed by atoms with van der Waals surface area (Å²) in [5.41, 5.74) is 1.27. The van der Waals surface area contributed by atoms with Crippen molar-refractivity contribution < 1.29 is 22.7 Å². The second-order valence-electron chi connectivity index (χ2n) is 6.13. The minimum atomic E-state index is -3.53. The summed E-state index contributed by atoms with van der Waals surface area (Å²) in [5.74, 6) is 0.682. The van der Waals surface area contributed by atoms with Crippen LogP contribution in [0.1, 0.15) is 12.5 Å². The van der Waals surface area contributed by atoms with E-state index in [4.69, 9.17) is 9.47 Å². The molecule has 144 valence electrons. The maximum atomic E-state index is 12.6. The number of nitrogens with zero attached hydrogens (tertiary/aromatic N) is 1. The van der Waals surface area contributed by atoms with Crippen LogP contribution in [0.25, 0.3) is 0 Å². The van der Waals surface area contributed by atoms with Crippen LogP contribution in [-0.4, -0.2) is 39.8 Å². The topological polar surface area (TPSA) is 84.9 Å². The Morgan fingerprint density at radius 1 is 1.22 bits per heavy atom. The number of sulfonamides is 1. The fourth-order valence-corrected chi connectivity index (χ4v) is 3.81. The standard InChI is InChI=1S/C19H22N2O5S/c1-3-25-16-10-6-4-8-14(16)12-20-19(22)18-13-21(27(2,23)24)15-9-5-7-11-17(15)26-18/h4-11,18H,3,12-13H2,1-2H3,(H,20,22). The number of amides is 1. The normalized spacial score (nSPS) is 16.2. The average Bonchev–Trinajstić information content (AvgIpc) is 2.65. The van der Waals surface area contributed by atoms with Crippen molar-refractivity contribution in [1.82, 2.24) is 5.32 Å². The van der Waals surface area contributed by atoms with Crippen molar-refractivity contribution in [3.8, 4) is 11.5 Å². The first-order valence-corrected chi connectivity index (χ1v) is 10.5. The van der Waals surface area contributed by atoms with Gasteiger partial charge in [0.15, 0.2) is 6.10 Å². The van der Waals surface area contributed by atoms with E-state index in [1.165, 1.54) is 4.31 Å². The maximum absolute atomic E-state index is 12.6. The fourth-order valence-electron chi connectivity index (χ4n) is 2.90. The lowest BCUT2D eigenvalue weighted by Gasteiger charge is -2.33. The Labute approximate surface area is 158 Å². The largest absolute Gasteiger partial charge is 0.494 e. The lowest BCUT2D eigenvalue weighted by atomic mass is 10.2. The molecule has 0 aliphatic carbocycles. The monoisotopic (exact) mass is 390 g/mol. The summed E-state index contributed by atoms with van der Waals surface area (Å²) >= 11 is 0. The van der Waals surface area contributed by atoms with Crippen LogP contribution < -0.4 is 19.1 Å². The van der Waals surface area contributed by atoms with Crippen molar-refractivity contribution in [1.29, 1.82) is 0 Å². The zero-order chi connectivity index (χ0) is 19.4. The SMILES string of the molecule is CCOc1ccccc1CNC(=O)C1CN(S(C)(=O)=O)c2ccccc2O1. The van der Waals surface area contributed by atoms with E-state index in [9.17, 15) is 13.2 Å².